The number of benzene rings is 1. The van der Waals surface area contributed by atoms with Crippen LogP contribution in [0.1, 0.15) is 29.7 Å². The fourth-order valence-electron chi connectivity index (χ4n) is 1.71. The third-order valence-electron chi connectivity index (χ3n) is 2.64. The van der Waals surface area contributed by atoms with E-state index in [9.17, 15) is 4.79 Å². The zero-order chi connectivity index (χ0) is 14.0. The van der Waals surface area contributed by atoms with Crippen molar-refractivity contribution in [2.24, 2.45) is 0 Å². The lowest BCUT2D eigenvalue weighted by Crippen LogP contribution is -1.99. The van der Waals surface area contributed by atoms with Crippen molar-refractivity contribution in [3.8, 4) is 11.3 Å². The molecule has 3 nitrogen and oxygen atoms in total. The molecule has 1 heterocycles. The average Bonchev–Trinajstić information content (AvgIpc) is 2.73. The number of carbonyl (C=O) groups is 1. The summed E-state index contributed by atoms with van der Waals surface area (Å²) in [4.78, 5) is 16.3. The van der Waals surface area contributed by atoms with Gasteiger partial charge in [0.2, 0.25) is 0 Å². The molecule has 0 amide bonds. The molecule has 1 aromatic carbocycles. The van der Waals surface area contributed by atoms with Gasteiger partial charge in [0.05, 0.1) is 17.1 Å². The Balaban J connectivity index is 2.47. The molecule has 0 spiro atoms. The monoisotopic (exact) mass is 295 g/mol. The third-order valence-corrected chi connectivity index (χ3v) is 4.25. The minimum Gasteiger partial charge on any atom is -0.481 e. The Bertz CT molecular complexity index is 590. The number of aromatic nitrogens is 1. The molecule has 5 heteroatoms. The summed E-state index contributed by atoms with van der Waals surface area (Å²) in [5.41, 5.74) is 1.66. The van der Waals surface area contributed by atoms with E-state index in [1.54, 1.807) is 12.1 Å². The molecule has 2 rings (SSSR count). The molecule has 0 saturated carbocycles. The summed E-state index contributed by atoms with van der Waals surface area (Å²) in [7, 11) is 0. The van der Waals surface area contributed by atoms with Crippen molar-refractivity contribution < 1.29 is 9.90 Å². The van der Waals surface area contributed by atoms with Crippen LogP contribution in [0.25, 0.3) is 11.3 Å². The van der Waals surface area contributed by atoms with E-state index >= 15 is 0 Å². The molecule has 100 valence electrons. The van der Waals surface area contributed by atoms with E-state index in [1.165, 1.54) is 11.3 Å². The van der Waals surface area contributed by atoms with Gasteiger partial charge in [-0.15, -0.1) is 11.3 Å². The van der Waals surface area contributed by atoms with Crippen LogP contribution in [0.2, 0.25) is 5.02 Å². The van der Waals surface area contributed by atoms with Crippen LogP contribution in [-0.4, -0.2) is 16.1 Å². The van der Waals surface area contributed by atoms with Crippen LogP contribution in [0.15, 0.2) is 24.3 Å². The predicted molar refractivity (Wildman–Crippen MR) is 78.0 cm³/mol. The summed E-state index contributed by atoms with van der Waals surface area (Å²) < 4.78 is 0. The quantitative estimate of drug-likeness (QED) is 0.919. The maximum Gasteiger partial charge on any atom is 0.308 e. The minimum absolute atomic E-state index is 0.00233. The number of nitrogens with zero attached hydrogens (tertiary/aromatic N) is 1. The van der Waals surface area contributed by atoms with Crippen LogP contribution in [0.5, 0.6) is 0 Å². The van der Waals surface area contributed by atoms with Crippen LogP contribution in [-0.2, 0) is 11.2 Å². The van der Waals surface area contributed by atoms with Gasteiger partial charge in [0.15, 0.2) is 0 Å². The Kier molecular flexibility index (Phi) is 4.22. The van der Waals surface area contributed by atoms with E-state index in [1.807, 2.05) is 12.1 Å². The number of hydrogen-bond donors (Lipinski definition) is 1. The number of thiazole rings is 1. The summed E-state index contributed by atoms with van der Waals surface area (Å²) in [6.45, 7) is 4.10. The summed E-state index contributed by atoms with van der Waals surface area (Å²) in [6.07, 6.45) is 0.00233. The van der Waals surface area contributed by atoms with Crippen molar-refractivity contribution >= 4 is 28.9 Å². The topological polar surface area (TPSA) is 50.2 Å². The first-order valence-electron chi connectivity index (χ1n) is 5.94. The number of rotatable bonds is 4. The highest BCUT2D eigenvalue weighted by molar-refractivity contribution is 7.12. The van der Waals surface area contributed by atoms with Gasteiger partial charge in [-0.05, 0) is 12.1 Å². The molecular weight excluding hydrogens is 282 g/mol. The largest absolute Gasteiger partial charge is 0.481 e. The maximum atomic E-state index is 10.9. The molecule has 0 unspecified atom stereocenters. The highest BCUT2D eigenvalue weighted by Gasteiger charge is 2.17. The van der Waals surface area contributed by atoms with Gasteiger partial charge < -0.3 is 5.11 Å². The zero-order valence-electron chi connectivity index (χ0n) is 10.7. The first-order valence-corrected chi connectivity index (χ1v) is 7.14. The fourth-order valence-corrected chi connectivity index (χ4v) is 2.91. The minimum atomic E-state index is -0.839. The van der Waals surface area contributed by atoms with Crippen LogP contribution in [0.3, 0.4) is 0 Å². The Morgan fingerprint density at radius 2 is 2.00 bits per heavy atom. The molecule has 0 aliphatic heterocycles. The summed E-state index contributed by atoms with van der Waals surface area (Å²) in [5, 5.41) is 10.6. The van der Waals surface area contributed by atoms with E-state index in [-0.39, 0.29) is 6.42 Å². The first kappa shape index (κ1) is 14.0. The molecule has 0 fully saturated rings. The molecule has 0 aliphatic carbocycles. The zero-order valence-corrected chi connectivity index (χ0v) is 12.3. The van der Waals surface area contributed by atoms with E-state index < -0.39 is 5.97 Å². The van der Waals surface area contributed by atoms with Crippen molar-refractivity contribution in [1.29, 1.82) is 0 Å². The SMILES string of the molecule is CC(C)c1nc(-c2ccc(Cl)cc2)c(CC(=O)O)s1. The number of carboxylic acids is 1. The van der Waals surface area contributed by atoms with E-state index in [0.29, 0.717) is 10.9 Å². The van der Waals surface area contributed by atoms with E-state index in [0.717, 1.165) is 21.1 Å². The standard InChI is InChI=1S/C14H14ClNO2S/c1-8(2)14-16-13(11(19-14)7-12(17)18)9-3-5-10(15)6-4-9/h3-6,8H,7H2,1-2H3,(H,17,18). The maximum absolute atomic E-state index is 10.9. The normalized spacial score (nSPS) is 10.9. The number of halogens is 1. The van der Waals surface area contributed by atoms with Gasteiger partial charge in [0.25, 0.3) is 0 Å². The van der Waals surface area contributed by atoms with E-state index in [2.05, 4.69) is 18.8 Å². The lowest BCUT2D eigenvalue weighted by Gasteiger charge is -2.00. The molecule has 2 aromatic rings. The molecule has 1 N–H and O–H groups in total. The lowest BCUT2D eigenvalue weighted by atomic mass is 10.1. The average molecular weight is 296 g/mol. The van der Waals surface area contributed by atoms with Gasteiger partial charge in [-0.1, -0.05) is 37.6 Å². The molecule has 0 atom stereocenters. The molecule has 0 bridgehead atoms. The number of carboxylic acid groups (broad SMARTS) is 1. The molecule has 1 aromatic heterocycles. The van der Waals surface area contributed by atoms with Crippen LogP contribution >= 0.6 is 22.9 Å². The number of hydrogen-bond acceptors (Lipinski definition) is 3. The van der Waals surface area contributed by atoms with Gasteiger partial charge in [-0.25, -0.2) is 4.98 Å². The van der Waals surface area contributed by atoms with Gasteiger partial charge in [-0.2, -0.15) is 0 Å². The van der Waals surface area contributed by atoms with Crippen molar-refractivity contribution in [2.75, 3.05) is 0 Å². The molecule has 0 aliphatic rings. The Morgan fingerprint density at radius 3 is 2.53 bits per heavy atom. The number of aliphatic carboxylic acids is 1. The van der Waals surface area contributed by atoms with Gasteiger partial charge in [0.1, 0.15) is 0 Å². The Labute approximate surface area is 120 Å². The van der Waals surface area contributed by atoms with Crippen molar-refractivity contribution in [2.45, 2.75) is 26.2 Å². The van der Waals surface area contributed by atoms with Crippen molar-refractivity contribution in [1.82, 2.24) is 4.98 Å². The predicted octanol–water partition coefficient (Wildman–Crippen LogP) is 4.21. The second-order valence-electron chi connectivity index (χ2n) is 4.56. The van der Waals surface area contributed by atoms with Crippen LogP contribution in [0.4, 0.5) is 0 Å². The summed E-state index contributed by atoms with van der Waals surface area (Å²) in [6, 6.07) is 7.31. The Morgan fingerprint density at radius 1 is 1.37 bits per heavy atom. The Hall–Kier alpha value is -1.39. The fraction of sp³-hybridized carbons (Fsp3) is 0.286. The summed E-state index contributed by atoms with van der Waals surface area (Å²) >= 11 is 7.34. The second-order valence-corrected chi connectivity index (χ2v) is 6.11. The molecule has 0 radical (unpaired) electrons. The van der Waals surface area contributed by atoms with Crippen LogP contribution < -0.4 is 0 Å². The molecule has 19 heavy (non-hydrogen) atoms. The van der Waals surface area contributed by atoms with Crippen molar-refractivity contribution in [3.05, 3.63) is 39.2 Å². The van der Waals surface area contributed by atoms with Gasteiger partial charge in [-0.3, -0.25) is 4.79 Å². The van der Waals surface area contributed by atoms with Gasteiger partial charge >= 0.3 is 5.97 Å². The van der Waals surface area contributed by atoms with Crippen molar-refractivity contribution in [3.63, 3.8) is 0 Å². The van der Waals surface area contributed by atoms with E-state index in [4.69, 9.17) is 16.7 Å². The smallest absolute Gasteiger partial charge is 0.308 e. The lowest BCUT2D eigenvalue weighted by molar-refractivity contribution is -0.136. The first-order chi connectivity index (χ1) is 8.97. The van der Waals surface area contributed by atoms with Gasteiger partial charge in [0, 0.05) is 21.4 Å². The van der Waals surface area contributed by atoms with Crippen LogP contribution in [0, 0.1) is 0 Å². The highest BCUT2D eigenvalue weighted by Crippen LogP contribution is 2.32. The molecular formula is C14H14ClNO2S. The summed E-state index contributed by atoms with van der Waals surface area (Å²) in [5.74, 6) is -0.548. The molecule has 0 saturated heterocycles. The third kappa shape index (κ3) is 3.33. The second kappa shape index (κ2) is 5.72. The highest BCUT2D eigenvalue weighted by atomic mass is 35.5.